The molecule has 4 N–H and O–H groups in total. The Labute approximate surface area is 41.2 Å². The van der Waals surface area contributed by atoms with Crippen molar-refractivity contribution in [2.45, 2.75) is 7.43 Å². The van der Waals surface area contributed by atoms with Crippen molar-refractivity contribution in [3.63, 3.8) is 0 Å². The first-order valence-electron chi connectivity index (χ1n) is 0. The molecule has 5 heavy (non-hydrogen) atoms. The zero-order chi connectivity index (χ0) is 0. The van der Waals surface area contributed by atoms with Crippen LogP contribution < -0.4 is 0 Å². The Hall–Kier alpha value is 0.354. The normalized spacial score (nSPS) is 0. The largest absolute Gasteiger partial charge is 0.412 e. The van der Waals surface area contributed by atoms with Crippen molar-refractivity contribution >= 4 is 21.9 Å². The molecule has 0 aromatic carbocycles. The number of hydrogen-bond acceptors (Lipinski definition) is 0. The van der Waals surface area contributed by atoms with E-state index in [2.05, 4.69) is 0 Å². The maximum atomic E-state index is 0. The summed E-state index contributed by atoms with van der Waals surface area (Å²) in [4.78, 5) is 0. The molecular weight excluding hydrogens is 100 g/mol. The summed E-state index contributed by atoms with van der Waals surface area (Å²) >= 11 is 0. The molecule has 0 bridgehead atoms. The Kier molecular flexibility index (Phi) is 63500. The van der Waals surface area contributed by atoms with E-state index in [0.29, 0.717) is 0 Å². The molecule has 2 nitrogen and oxygen atoms in total. The van der Waals surface area contributed by atoms with Crippen LogP contribution in [0.4, 0.5) is 0 Å². The maximum absolute atomic E-state index is 0. The van der Waals surface area contributed by atoms with Gasteiger partial charge in [0.25, 0.3) is 0 Å². The van der Waals surface area contributed by atoms with Gasteiger partial charge < -0.3 is 11.0 Å². The quantitative estimate of drug-likeness (QED) is 0.330. The van der Waals surface area contributed by atoms with E-state index in [9.17, 15) is 0 Å². The lowest BCUT2D eigenvalue weighted by atomic mass is 12.0. The lowest BCUT2D eigenvalue weighted by Gasteiger charge is -0.413. The highest BCUT2D eigenvalue weighted by Crippen LogP contribution is 0.144. The van der Waals surface area contributed by atoms with E-state index < -0.39 is 0 Å². The predicted molar refractivity (Wildman–Crippen MR) is 25.5 cm³/mol. The first-order chi connectivity index (χ1) is 0. The molecule has 0 saturated heterocycles. The molecular formula is CH8O2Si2. The van der Waals surface area contributed by atoms with Gasteiger partial charge in [0.2, 0.25) is 0 Å². The van der Waals surface area contributed by atoms with Crippen LogP contribution in [0.2, 0.25) is 0 Å². The molecule has 0 amide bonds. The predicted octanol–water partition coefficient (Wildman–Crippen LogP) is -1.77. The summed E-state index contributed by atoms with van der Waals surface area (Å²) in [6, 6.07) is 0. The van der Waals surface area contributed by atoms with Gasteiger partial charge in [0.05, 0.1) is 0 Å². The van der Waals surface area contributed by atoms with E-state index in [1.807, 2.05) is 0 Å². The first kappa shape index (κ1) is 811. The molecule has 32 valence electrons. The smallest absolute Gasteiger partial charge is 0 e. The molecule has 0 fully saturated rings. The highest BCUT2D eigenvalue weighted by Gasteiger charge is 0.00104. The SMILES string of the molecule is C.O.O.[Si].[Si]. The molecule has 0 aromatic rings. The fraction of sp³-hybridized carbons (Fsp3) is 1.00. The van der Waals surface area contributed by atoms with E-state index in [0.717, 1.165) is 0 Å². The Morgan fingerprint density at radius 1 is 0.600 bits per heavy atom. The zero-order valence-electron chi connectivity index (χ0n) is 2.00. The van der Waals surface area contributed by atoms with Crippen LogP contribution >= 0.6 is 0 Å². The lowest BCUT2D eigenvalue weighted by Crippen LogP contribution is -0.382. The van der Waals surface area contributed by atoms with Crippen molar-refractivity contribution in [1.29, 1.82) is 0 Å². The van der Waals surface area contributed by atoms with Crippen LogP contribution in [0.3, 0.4) is 0 Å². The third kappa shape index (κ3) is 193. The monoisotopic (exact) mass is 108 g/mol. The summed E-state index contributed by atoms with van der Waals surface area (Å²) in [6.07, 6.45) is 0. The van der Waals surface area contributed by atoms with Gasteiger partial charge in [0, 0.05) is 21.9 Å². The van der Waals surface area contributed by atoms with Crippen LogP contribution in [0.15, 0.2) is 0 Å². The van der Waals surface area contributed by atoms with Crippen molar-refractivity contribution in [1.82, 2.24) is 0 Å². The Morgan fingerprint density at radius 3 is 0.600 bits per heavy atom. The average Bonchev–Trinajstić information content (AvgIpc) is 0. The highest BCUT2D eigenvalue weighted by atomic mass is 28.1. The second-order valence-electron chi connectivity index (χ2n) is 0. The van der Waals surface area contributed by atoms with Gasteiger partial charge in [-0.05, 0) is 0 Å². The van der Waals surface area contributed by atoms with Crippen molar-refractivity contribution in [3.05, 3.63) is 0 Å². The van der Waals surface area contributed by atoms with Crippen molar-refractivity contribution in [2.24, 2.45) is 0 Å². The van der Waals surface area contributed by atoms with Gasteiger partial charge in [0.1, 0.15) is 0 Å². The molecule has 0 aromatic heterocycles. The topological polar surface area (TPSA) is 63.0 Å². The third-order valence-electron chi connectivity index (χ3n) is 0. The lowest BCUT2D eigenvalue weighted by molar-refractivity contribution is 0.823. The number of hydrogen-bond donors (Lipinski definition) is 0. The molecule has 0 heterocycles. The molecule has 0 spiro atoms. The van der Waals surface area contributed by atoms with E-state index in [1.54, 1.807) is 0 Å². The minimum absolute atomic E-state index is 0. The second kappa shape index (κ2) is 391. The second-order valence-corrected chi connectivity index (χ2v) is 0. The van der Waals surface area contributed by atoms with Gasteiger partial charge >= 0.3 is 0 Å². The molecule has 0 aliphatic rings. The molecule has 0 unspecified atom stereocenters. The summed E-state index contributed by atoms with van der Waals surface area (Å²) in [5.41, 5.74) is 0. The van der Waals surface area contributed by atoms with Crippen LogP contribution in [-0.2, 0) is 0 Å². The van der Waals surface area contributed by atoms with Crippen molar-refractivity contribution in [3.8, 4) is 0 Å². The summed E-state index contributed by atoms with van der Waals surface area (Å²) in [5.74, 6) is 0. The summed E-state index contributed by atoms with van der Waals surface area (Å²) in [6.45, 7) is 0. The molecule has 0 aliphatic carbocycles. The standard InChI is InChI=1S/CH4.2H2O.2Si/h1H4;2*1H2;;. The summed E-state index contributed by atoms with van der Waals surface area (Å²) in [7, 11) is 0. The van der Waals surface area contributed by atoms with Gasteiger partial charge in [-0.25, -0.2) is 0 Å². The van der Waals surface area contributed by atoms with Gasteiger partial charge in [-0.15, -0.1) is 0 Å². The Balaban J connectivity index is 0. The molecule has 0 atom stereocenters. The van der Waals surface area contributed by atoms with E-state index >= 15 is 0 Å². The molecule has 0 rings (SSSR count). The van der Waals surface area contributed by atoms with Crippen LogP contribution in [0.25, 0.3) is 0 Å². The number of rotatable bonds is 0. The van der Waals surface area contributed by atoms with Crippen LogP contribution in [0.5, 0.6) is 0 Å². The van der Waals surface area contributed by atoms with Gasteiger partial charge in [-0.1, -0.05) is 7.43 Å². The third-order valence-corrected chi connectivity index (χ3v) is 0. The van der Waals surface area contributed by atoms with E-state index in [-0.39, 0.29) is 40.3 Å². The van der Waals surface area contributed by atoms with Gasteiger partial charge in [-0.2, -0.15) is 0 Å². The van der Waals surface area contributed by atoms with Crippen LogP contribution in [-0.4, -0.2) is 32.9 Å². The molecule has 8 radical (unpaired) electrons. The minimum Gasteiger partial charge on any atom is -0.412 e. The fourth-order valence-electron chi connectivity index (χ4n) is 0. The van der Waals surface area contributed by atoms with Crippen molar-refractivity contribution in [2.75, 3.05) is 0 Å². The molecule has 0 saturated carbocycles. The fourth-order valence-corrected chi connectivity index (χ4v) is 0. The maximum Gasteiger partial charge on any atom is 0 e. The highest BCUT2D eigenvalue weighted by molar-refractivity contribution is 5.76. The Morgan fingerprint density at radius 2 is 0.600 bits per heavy atom. The van der Waals surface area contributed by atoms with Crippen molar-refractivity contribution < 1.29 is 11.0 Å². The molecule has 4 heteroatoms. The van der Waals surface area contributed by atoms with Crippen LogP contribution in [0.1, 0.15) is 7.43 Å². The van der Waals surface area contributed by atoms with E-state index in [1.165, 1.54) is 0 Å². The Bertz CT molecular complexity index is 7.61. The molecule has 0 aliphatic heterocycles. The van der Waals surface area contributed by atoms with Crippen LogP contribution in [0, 0.1) is 0 Å². The average molecular weight is 108 g/mol. The van der Waals surface area contributed by atoms with Gasteiger partial charge in [0.15, 0.2) is 0 Å². The van der Waals surface area contributed by atoms with E-state index in [4.69, 9.17) is 0 Å². The zero-order valence-corrected chi connectivity index (χ0v) is 4.00. The first-order valence-corrected chi connectivity index (χ1v) is 0. The summed E-state index contributed by atoms with van der Waals surface area (Å²) in [5, 5.41) is 0. The minimum atomic E-state index is 0. The summed E-state index contributed by atoms with van der Waals surface area (Å²) < 4.78 is 0. The van der Waals surface area contributed by atoms with Gasteiger partial charge in [-0.3, -0.25) is 0 Å².